The molecule has 4 fully saturated rings. The number of carbonyl (C=O) groups is 1. The van der Waals surface area contributed by atoms with E-state index in [1.807, 2.05) is 0 Å². The Morgan fingerprint density at radius 2 is 1.82 bits per heavy atom. The summed E-state index contributed by atoms with van der Waals surface area (Å²) < 4.78 is 5.83. The average Bonchev–Trinajstić information content (AvgIpc) is 2.45. The molecule has 4 aliphatic rings. The highest BCUT2D eigenvalue weighted by molar-refractivity contribution is 9.10. The second kappa shape index (κ2) is 4.83. The van der Waals surface area contributed by atoms with Gasteiger partial charge in [-0.25, -0.2) is 0 Å². The fourth-order valence-electron chi connectivity index (χ4n) is 5.20. The first-order valence-electron chi connectivity index (χ1n) is 7.92. The number of ether oxygens (including phenoxy) is 1. The van der Waals surface area contributed by atoms with Crippen molar-refractivity contribution in [3.05, 3.63) is 29.8 Å². The lowest BCUT2D eigenvalue weighted by molar-refractivity contribution is -0.159. The summed E-state index contributed by atoms with van der Waals surface area (Å²) in [5.74, 6) is 1.79. The molecule has 4 atom stereocenters. The highest BCUT2D eigenvalue weighted by atomic mass is 79.9. The smallest absolute Gasteiger partial charge is 0.317 e. The summed E-state index contributed by atoms with van der Waals surface area (Å²) in [6, 6.07) is 8.87. The van der Waals surface area contributed by atoms with Crippen LogP contribution in [0.25, 0.3) is 0 Å². The molecule has 4 saturated carbocycles. The monoisotopic (exact) mass is 359 g/mol. The minimum absolute atomic E-state index is 0.0740. The summed E-state index contributed by atoms with van der Waals surface area (Å²) in [6.45, 7) is 0. The van der Waals surface area contributed by atoms with Gasteiger partial charge >= 0.3 is 5.97 Å². The van der Waals surface area contributed by atoms with Gasteiger partial charge < -0.3 is 4.74 Å². The number of esters is 1. The van der Waals surface area contributed by atoms with Crippen molar-refractivity contribution < 1.29 is 9.53 Å². The zero-order chi connectivity index (χ0) is 15.4. The van der Waals surface area contributed by atoms with E-state index in [-0.39, 0.29) is 15.7 Å². The molecule has 3 nitrogen and oxygen atoms in total. The highest BCUT2D eigenvalue weighted by Gasteiger charge is 2.60. The van der Waals surface area contributed by atoms with Crippen molar-refractivity contribution in [2.45, 2.75) is 42.8 Å². The lowest BCUT2D eigenvalue weighted by atomic mass is 9.49. The standard InChI is InChI=1S/C18H18BrNO2/c19-18-8-13-5-14(9-18)7-17(6-13,11-18)16(21)22-15-3-1-12(10-20)2-4-15/h1-4,13-14H,5-9,11H2/t13-,14+,17?,18?. The van der Waals surface area contributed by atoms with Crippen LogP contribution >= 0.6 is 15.9 Å². The number of hydrogen-bond acceptors (Lipinski definition) is 3. The third kappa shape index (κ3) is 2.27. The predicted molar refractivity (Wildman–Crippen MR) is 85.6 cm³/mol. The van der Waals surface area contributed by atoms with E-state index in [2.05, 4.69) is 22.0 Å². The van der Waals surface area contributed by atoms with E-state index in [9.17, 15) is 4.79 Å². The van der Waals surface area contributed by atoms with E-state index in [1.165, 1.54) is 19.3 Å². The van der Waals surface area contributed by atoms with E-state index in [0.29, 0.717) is 23.1 Å². The lowest BCUT2D eigenvalue weighted by Crippen LogP contribution is -2.56. The first-order valence-corrected chi connectivity index (χ1v) is 8.71. The molecule has 5 rings (SSSR count). The first kappa shape index (κ1) is 14.3. The van der Waals surface area contributed by atoms with Crippen molar-refractivity contribution in [2.24, 2.45) is 17.3 Å². The minimum Gasteiger partial charge on any atom is -0.426 e. The molecule has 22 heavy (non-hydrogen) atoms. The fraction of sp³-hybridized carbons (Fsp3) is 0.556. The summed E-state index contributed by atoms with van der Waals surface area (Å²) in [7, 11) is 0. The molecule has 0 spiro atoms. The van der Waals surface area contributed by atoms with Gasteiger partial charge in [-0.3, -0.25) is 4.79 Å². The number of alkyl halides is 1. The lowest BCUT2D eigenvalue weighted by Gasteiger charge is -2.58. The summed E-state index contributed by atoms with van der Waals surface area (Å²) in [5.41, 5.74) is 0.274. The van der Waals surface area contributed by atoms with Crippen molar-refractivity contribution >= 4 is 21.9 Å². The van der Waals surface area contributed by atoms with Crippen molar-refractivity contribution in [2.75, 3.05) is 0 Å². The third-order valence-electron chi connectivity index (χ3n) is 5.62. The Kier molecular flexibility index (Phi) is 3.13. The van der Waals surface area contributed by atoms with Gasteiger partial charge in [0.1, 0.15) is 5.75 Å². The molecular formula is C18H18BrNO2. The number of hydrogen-bond donors (Lipinski definition) is 0. The Morgan fingerprint density at radius 3 is 2.36 bits per heavy atom. The largest absolute Gasteiger partial charge is 0.426 e. The van der Waals surface area contributed by atoms with Gasteiger partial charge in [-0.05, 0) is 74.6 Å². The zero-order valence-corrected chi connectivity index (χ0v) is 13.9. The van der Waals surface area contributed by atoms with E-state index in [4.69, 9.17) is 10.00 Å². The number of benzene rings is 1. The average molecular weight is 360 g/mol. The van der Waals surface area contributed by atoms with Gasteiger partial charge in [-0.1, -0.05) is 15.9 Å². The predicted octanol–water partition coefficient (Wildman–Crippen LogP) is 4.20. The highest BCUT2D eigenvalue weighted by Crippen LogP contribution is 2.64. The summed E-state index contributed by atoms with van der Waals surface area (Å²) in [6.07, 6.45) is 6.55. The minimum atomic E-state index is -0.304. The van der Waals surface area contributed by atoms with Crippen molar-refractivity contribution in [3.8, 4) is 11.8 Å². The Balaban J connectivity index is 1.56. The molecule has 0 saturated heterocycles. The van der Waals surface area contributed by atoms with Crippen molar-refractivity contribution in [3.63, 3.8) is 0 Å². The van der Waals surface area contributed by atoms with E-state index < -0.39 is 0 Å². The van der Waals surface area contributed by atoms with Gasteiger partial charge in [-0.15, -0.1) is 0 Å². The van der Waals surface area contributed by atoms with Crippen LogP contribution in [-0.2, 0) is 4.79 Å². The van der Waals surface area contributed by atoms with Gasteiger partial charge in [0.15, 0.2) is 0 Å². The van der Waals surface area contributed by atoms with Crippen LogP contribution in [0.2, 0.25) is 0 Å². The van der Waals surface area contributed by atoms with Crippen molar-refractivity contribution in [1.29, 1.82) is 5.26 Å². The maximum atomic E-state index is 12.9. The third-order valence-corrected chi connectivity index (χ3v) is 6.54. The Labute approximate surface area is 138 Å². The summed E-state index contributed by atoms with van der Waals surface area (Å²) in [4.78, 5) is 12.9. The van der Waals surface area contributed by atoms with Crippen LogP contribution in [0.15, 0.2) is 24.3 Å². The second-order valence-electron chi connectivity index (χ2n) is 7.42. The molecule has 0 amide bonds. The van der Waals surface area contributed by atoms with Crippen LogP contribution in [-0.4, -0.2) is 10.3 Å². The topological polar surface area (TPSA) is 50.1 Å². The molecule has 4 bridgehead atoms. The number of halogens is 1. The number of rotatable bonds is 2. The normalized spacial score (nSPS) is 38.5. The maximum Gasteiger partial charge on any atom is 0.317 e. The molecule has 1 aromatic carbocycles. The zero-order valence-electron chi connectivity index (χ0n) is 12.3. The molecule has 1 aromatic rings. The SMILES string of the molecule is N#Cc1ccc(OC(=O)C23C[C@@H]4C[C@@H](CC(Br)(C4)C2)C3)cc1. The van der Waals surface area contributed by atoms with Gasteiger partial charge in [0, 0.05) is 4.32 Å². The number of carbonyl (C=O) groups excluding carboxylic acids is 1. The van der Waals surface area contributed by atoms with Gasteiger partial charge in [-0.2, -0.15) is 5.26 Å². The maximum absolute atomic E-state index is 12.9. The molecule has 0 radical (unpaired) electrons. The Hall–Kier alpha value is -1.34. The first-order chi connectivity index (χ1) is 10.5. The Bertz CT molecular complexity index is 647. The van der Waals surface area contributed by atoms with Crippen LogP contribution in [0.5, 0.6) is 5.75 Å². The molecule has 4 heteroatoms. The van der Waals surface area contributed by atoms with E-state index >= 15 is 0 Å². The molecule has 0 heterocycles. The molecular weight excluding hydrogens is 342 g/mol. The van der Waals surface area contributed by atoms with Gasteiger partial charge in [0.05, 0.1) is 17.0 Å². The number of nitrogens with zero attached hydrogens (tertiary/aromatic N) is 1. The molecule has 114 valence electrons. The molecule has 4 aliphatic carbocycles. The van der Waals surface area contributed by atoms with Crippen LogP contribution in [0.3, 0.4) is 0 Å². The second-order valence-corrected chi connectivity index (χ2v) is 9.10. The Morgan fingerprint density at radius 1 is 1.18 bits per heavy atom. The molecule has 0 aromatic heterocycles. The quantitative estimate of drug-likeness (QED) is 0.451. The molecule has 0 N–H and O–H groups in total. The van der Waals surface area contributed by atoms with Crippen LogP contribution in [0.4, 0.5) is 0 Å². The number of nitriles is 1. The van der Waals surface area contributed by atoms with Crippen LogP contribution in [0.1, 0.15) is 44.1 Å². The summed E-state index contributed by atoms with van der Waals surface area (Å²) in [5, 5.41) is 8.83. The van der Waals surface area contributed by atoms with Gasteiger partial charge in [0.25, 0.3) is 0 Å². The summed E-state index contributed by atoms with van der Waals surface area (Å²) >= 11 is 3.92. The van der Waals surface area contributed by atoms with Crippen LogP contribution < -0.4 is 4.74 Å². The van der Waals surface area contributed by atoms with E-state index in [0.717, 1.165) is 19.3 Å². The van der Waals surface area contributed by atoms with E-state index in [1.54, 1.807) is 24.3 Å². The molecule has 0 aliphatic heterocycles. The van der Waals surface area contributed by atoms with Gasteiger partial charge in [0.2, 0.25) is 0 Å². The van der Waals surface area contributed by atoms with Crippen molar-refractivity contribution in [1.82, 2.24) is 0 Å². The van der Waals surface area contributed by atoms with Crippen LogP contribution in [0, 0.1) is 28.6 Å². The molecule has 2 unspecified atom stereocenters. The fourth-order valence-corrected chi connectivity index (χ4v) is 6.65.